The molecule has 2 aliphatic rings. The van der Waals surface area contributed by atoms with Gasteiger partial charge in [0.15, 0.2) is 0 Å². The minimum atomic E-state index is 0.725. The van der Waals surface area contributed by atoms with Gasteiger partial charge in [0.05, 0.1) is 6.20 Å². The lowest BCUT2D eigenvalue weighted by Crippen LogP contribution is -2.37. The zero-order valence-electron chi connectivity index (χ0n) is 13.0. The molecule has 0 spiro atoms. The third-order valence-corrected chi connectivity index (χ3v) is 5.16. The Labute approximate surface area is 132 Å². The first-order valence-electron chi connectivity index (χ1n) is 8.39. The third kappa shape index (κ3) is 2.94. The highest BCUT2D eigenvalue weighted by atomic mass is 15.2. The Morgan fingerprint density at radius 1 is 1.09 bits per heavy atom. The number of aromatic nitrogens is 2. The van der Waals surface area contributed by atoms with Crippen molar-refractivity contribution in [3.8, 4) is 0 Å². The summed E-state index contributed by atoms with van der Waals surface area (Å²) >= 11 is 0. The van der Waals surface area contributed by atoms with E-state index in [4.69, 9.17) is 0 Å². The molecule has 0 aliphatic carbocycles. The van der Waals surface area contributed by atoms with Crippen LogP contribution in [0, 0.1) is 0 Å². The van der Waals surface area contributed by atoms with Crippen molar-refractivity contribution < 1.29 is 0 Å². The number of benzene rings is 1. The van der Waals surface area contributed by atoms with Crippen molar-refractivity contribution in [2.45, 2.75) is 25.3 Å². The minimum Gasteiger partial charge on any atom is -0.301 e. The van der Waals surface area contributed by atoms with Crippen LogP contribution in [-0.2, 0) is 13.0 Å². The van der Waals surface area contributed by atoms with E-state index in [2.05, 4.69) is 50.3 Å². The summed E-state index contributed by atoms with van der Waals surface area (Å²) in [6.07, 6.45) is 4.40. The fourth-order valence-electron chi connectivity index (χ4n) is 3.79. The number of hydrogen-bond acceptors (Lipinski definition) is 3. The maximum atomic E-state index is 4.16. The highest BCUT2D eigenvalue weighted by Gasteiger charge is 2.24. The van der Waals surface area contributed by atoms with Crippen LogP contribution in [0.3, 0.4) is 0 Å². The monoisotopic (exact) mass is 296 g/mol. The van der Waals surface area contributed by atoms with Gasteiger partial charge in [-0.1, -0.05) is 30.3 Å². The average Bonchev–Trinajstić information content (AvgIpc) is 3.22. The zero-order chi connectivity index (χ0) is 14.8. The van der Waals surface area contributed by atoms with Crippen LogP contribution < -0.4 is 0 Å². The van der Waals surface area contributed by atoms with Crippen molar-refractivity contribution in [2.24, 2.45) is 0 Å². The first kappa shape index (κ1) is 14.0. The lowest BCUT2D eigenvalue weighted by atomic mass is 9.99. The van der Waals surface area contributed by atoms with E-state index in [0.29, 0.717) is 0 Å². The minimum absolute atomic E-state index is 0.725. The highest BCUT2D eigenvalue weighted by molar-refractivity contribution is 5.21. The number of likely N-dealkylation sites (tertiary alicyclic amines) is 1. The Balaban J connectivity index is 1.27. The molecule has 1 aromatic heterocycles. The maximum absolute atomic E-state index is 4.16. The van der Waals surface area contributed by atoms with E-state index in [9.17, 15) is 0 Å². The van der Waals surface area contributed by atoms with E-state index in [1.54, 1.807) is 0 Å². The fourth-order valence-corrected chi connectivity index (χ4v) is 3.79. The summed E-state index contributed by atoms with van der Waals surface area (Å²) in [5, 5.41) is 7.27. The Morgan fingerprint density at radius 2 is 1.95 bits per heavy atom. The van der Waals surface area contributed by atoms with Gasteiger partial charge in [-0.2, -0.15) is 5.10 Å². The average molecular weight is 296 g/mol. The normalized spacial score (nSPS) is 22.8. The Bertz CT molecular complexity index is 607. The zero-order valence-corrected chi connectivity index (χ0v) is 13.0. The molecule has 4 heteroatoms. The smallest absolute Gasteiger partial charge is 0.0535 e. The SMILES string of the molecule is c1ccc([C@H]2CCN(CCN3CCc4[nH]ncc4C3)C2)cc1. The second-order valence-electron chi connectivity index (χ2n) is 6.60. The van der Waals surface area contributed by atoms with E-state index in [1.807, 2.05) is 6.20 Å². The van der Waals surface area contributed by atoms with Crippen LogP contribution in [0.1, 0.15) is 29.2 Å². The van der Waals surface area contributed by atoms with Crippen molar-refractivity contribution in [3.05, 3.63) is 53.3 Å². The number of fused-ring (bicyclic) bond motifs is 1. The van der Waals surface area contributed by atoms with Crippen molar-refractivity contribution in [2.75, 3.05) is 32.7 Å². The number of aromatic amines is 1. The third-order valence-electron chi connectivity index (χ3n) is 5.16. The van der Waals surface area contributed by atoms with E-state index in [-0.39, 0.29) is 0 Å². The van der Waals surface area contributed by atoms with Gasteiger partial charge in [0.1, 0.15) is 0 Å². The summed E-state index contributed by atoms with van der Waals surface area (Å²) in [4.78, 5) is 5.19. The van der Waals surface area contributed by atoms with E-state index >= 15 is 0 Å². The molecule has 1 N–H and O–H groups in total. The van der Waals surface area contributed by atoms with E-state index in [1.165, 1.54) is 49.4 Å². The summed E-state index contributed by atoms with van der Waals surface area (Å²) in [5.74, 6) is 0.725. The Morgan fingerprint density at radius 3 is 2.86 bits per heavy atom. The van der Waals surface area contributed by atoms with Crippen LogP contribution in [0.5, 0.6) is 0 Å². The molecule has 4 rings (SSSR count). The molecule has 1 fully saturated rings. The van der Waals surface area contributed by atoms with Crippen LogP contribution in [0.25, 0.3) is 0 Å². The van der Waals surface area contributed by atoms with Crippen LogP contribution in [-0.4, -0.2) is 52.7 Å². The van der Waals surface area contributed by atoms with Gasteiger partial charge in [-0.3, -0.25) is 10.00 Å². The second-order valence-corrected chi connectivity index (χ2v) is 6.60. The molecule has 2 aliphatic heterocycles. The molecule has 0 unspecified atom stereocenters. The number of H-pyrrole nitrogens is 1. The molecular weight excluding hydrogens is 272 g/mol. The molecule has 1 atom stereocenters. The predicted molar refractivity (Wildman–Crippen MR) is 87.8 cm³/mol. The molecule has 2 aromatic rings. The Hall–Kier alpha value is -1.65. The predicted octanol–water partition coefficient (Wildman–Crippen LogP) is 2.26. The number of nitrogens with zero attached hydrogens (tertiary/aromatic N) is 3. The molecule has 116 valence electrons. The molecule has 1 aromatic carbocycles. The van der Waals surface area contributed by atoms with E-state index in [0.717, 1.165) is 25.4 Å². The molecular formula is C18H24N4. The summed E-state index contributed by atoms with van der Waals surface area (Å²) in [5.41, 5.74) is 4.22. The second kappa shape index (κ2) is 6.23. The van der Waals surface area contributed by atoms with Crippen molar-refractivity contribution in [3.63, 3.8) is 0 Å². The van der Waals surface area contributed by atoms with Gasteiger partial charge >= 0.3 is 0 Å². The summed E-state index contributed by atoms with van der Waals surface area (Å²) in [7, 11) is 0. The Kier molecular flexibility index (Phi) is 3.95. The van der Waals surface area contributed by atoms with Gasteiger partial charge in [-0.15, -0.1) is 0 Å². The molecule has 4 nitrogen and oxygen atoms in total. The summed E-state index contributed by atoms with van der Waals surface area (Å²) in [6.45, 7) is 7.04. The lowest BCUT2D eigenvalue weighted by molar-refractivity contribution is 0.210. The molecule has 0 amide bonds. The van der Waals surface area contributed by atoms with Gasteiger partial charge in [0, 0.05) is 50.4 Å². The number of rotatable bonds is 4. The van der Waals surface area contributed by atoms with Crippen molar-refractivity contribution in [1.29, 1.82) is 0 Å². The van der Waals surface area contributed by atoms with Crippen LogP contribution in [0.2, 0.25) is 0 Å². The topological polar surface area (TPSA) is 35.2 Å². The van der Waals surface area contributed by atoms with Gasteiger partial charge in [-0.25, -0.2) is 0 Å². The van der Waals surface area contributed by atoms with Gasteiger partial charge in [-0.05, 0) is 24.4 Å². The van der Waals surface area contributed by atoms with Crippen LogP contribution in [0.15, 0.2) is 36.5 Å². The highest BCUT2D eigenvalue weighted by Crippen LogP contribution is 2.26. The van der Waals surface area contributed by atoms with Crippen LogP contribution >= 0.6 is 0 Å². The first-order valence-corrected chi connectivity index (χ1v) is 8.39. The first-order chi connectivity index (χ1) is 10.9. The van der Waals surface area contributed by atoms with Crippen molar-refractivity contribution >= 4 is 0 Å². The fraction of sp³-hybridized carbons (Fsp3) is 0.500. The largest absolute Gasteiger partial charge is 0.301 e. The summed E-state index contributed by atoms with van der Waals surface area (Å²) < 4.78 is 0. The molecule has 22 heavy (non-hydrogen) atoms. The summed E-state index contributed by atoms with van der Waals surface area (Å²) in [6, 6.07) is 11.0. The molecule has 0 radical (unpaired) electrons. The van der Waals surface area contributed by atoms with Gasteiger partial charge in [0.25, 0.3) is 0 Å². The van der Waals surface area contributed by atoms with Gasteiger partial charge in [0.2, 0.25) is 0 Å². The molecule has 0 bridgehead atoms. The molecule has 1 saturated heterocycles. The quantitative estimate of drug-likeness (QED) is 0.940. The lowest BCUT2D eigenvalue weighted by Gasteiger charge is -2.28. The molecule has 3 heterocycles. The number of nitrogens with one attached hydrogen (secondary N) is 1. The molecule has 0 saturated carbocycles. The van der Waals surface area contributed by atoms with Crippen LogP contribution in [0.4, 0.5) is 0 Å². The maximum Gasteiger partial charge on any atom is 0.0535 e. The van der Waals surface area contributed by atoms with E-state index < -0.39 is 0 Å². The number of hydrogen-bond donors (Lipinski definition) is 1. The van der Waals surface area contributed by atoms with Crippen molar-refractivity contribution in [1.82, 2.24) is 20.0 Å². The standard InChI is InChI=1S/C18H24N4/c1-2-4-15(5-3-1)16-6-8-21(13-16)10-11-22-9-7-18-17(14-22)12-19-20-18/h1-5,12,16H,6-11,13-14H2,(H,19,20)/t16-/m0/s1. The van der Waals surface area contributed by atoms with Gasteiger partial charge < -0.3 is 4.90 Å².